The fraction of sp³-hybridized carbons (Fsp3) is 0.333. The monoisotopic (exact) mass is 233 g/mol. The largest absolute Gasteiger partial charge is 0.326 e. The van der Waals surface area contributed by atoms with Crippen molar-refractivity contribution in [3.05, 3.63) is 29.8 Å². The number of amides is 2. The first kappa shape index (κ1) is 11.6. The third kappa shape index (κ3) is 2.01. The second kappa shape index (κ2) is 4.55. The van der Waals surface area contributed by atoms with Crippen LogP contribution in [0.2, 0.25) is 0 Å². The second-order valence-corrected chi connectivity index (χ2v) is 4.00. The van der Waals surface area contributed by atoms with Crippen molar-refractivity contribution in [2.24, 2.45) is 5.73 Å². The van der Waals surface area contributed by atoms with Crippen LogP contribution < -0.4 is 10.6 Å². The van der Waals surface area contributed by atoms with Crippen LogP contribution in [0.3, 0.4) is 0 Å². The lowest BCUT2D eigenvalue weighted by atomic mass is 10.1. The van der Waals surface area contributed by atoms with E-state index in [0.29, 0.717) is 24.3 Å². The van der Waals surface area contributed by atoms with Crippen LogP contribution in [0.5, 0.6) is 0 Å². The predicted octanol–water partition coefficient (Wildman–Crippen LogP) is 0.700. The van der Waals surface area contributed by atoms with E-state index < -0.39 is 0 Å². The summed E-state index contributed by atoms with van der Waals surface area (Å²) in [7, 11) is 1.75. The molecule has 0 spiro atoms. The molecule has 0 saturated carbocycles. The maximum absolute atomic E-state index is 11.9. The minimum absolute atomic E-state index is 0.0467. The highest BCUT2D eigenvalue weighted by molar-refractivity contribution is 6.06. The number of hydrogen-bond acceptors (Lipinski definition) is 3. The lowest BCUT2D eigenvalue weighted by Gasteiger charge is -2.18. The Labute approximate surface area is 99.8 Å². The van der Waals surface area contributed by atoms with Gasteiger partial charge in [-0.15, -0.1) is 0 Å². The van der Waals surface area contributed by atoms with Gasteiger partial charge in [0.25, 0.3) is 0 Å². The molecule has 1 aromatic rings. The van der Waals surface area contributed by atoms with E-state index in [1.54, 1.807) is 35.0 Å². The van der Waals surface area contributed by atoms with Gasteiger partial charge in [0.2, 0.25) is 0 Å². The van der Waals surface area contributed by atoms with Crippen LogP contribution >= 0.6 is 0 Å². The number of benzene rings is 1. The molecule has 2 N–H and O–H groups in total. The first-order chi connectivity index (χ1) is 8.15. The van der Waals surface area contributed by atoms with E-state index in [-0.39, 0.29) is 18.4 Å². The Balaban J connectivity index is 2.39. The number of carbonyl (C=O) groups excluding carboxylic acids is 2. The summed E-state index contributed by atoms with van der Waals surface area (Å²) in [6.07, 6.45) is 0. The van der Waals surface area contributed by atoms with E-state index in [9.17, 15) is 9.59 Å². The maximum atomic E-state index is 11.9. The Morgan fingerprint density at radius 3 is 2.65 bits per heavy atom. The minimum Gasteiger partial charge on any atom is -0.326 e. The van der Waals surface area contributed by atoms with Gasteiger partial charge in [0.05, 0.1) is 12.2 Å². The molecule has 5 heteroatoms. The highest BCUT2D eigenvalue weighted by Gasteiger charge is 2.28. The number of rotatable bonds is 3. The third-order valence-corrected chi connectivity index (χ3v) is 2.90. The Morgan fingerprint density at radius 2 is 2.06 bits per heavy atom. The van der Waals surface area contributed by atoms with Gasteiger partial charge >= 0.3 is 6.03 Å². The van der Waals surface area contributed by atoms with Crippen molar-refractivity contribution in [1.82, 2.24) is 4.90 Å². The fourth-order valence-electron chi connectivity index (χ4n) is 1.93. The van der Waals surface area contributed by atoms with Crippen LogP contribution in [0.4, 0.5) is 10.5 Å². The van der Waals surface area contributed by atoms with Gasteiger partial charge < -0.3 is 10.6 Å². The molecular formula is C12H15N3O2. The van der Waals surface area contributed by atoms with Crippen molar-refractivity contribution in [2.75, 3.05) is 31.6 Å². The molecule has 0 aliphatic carbocycles. The van der Waals surface area contributed by atoms with Crippen molar-refractivity contribution in [3.63, 3.8) is 0 Å². The number of hydrogen-bond donors (Lipinski definition) is 1. The summed E-state index contributed by atoms with van der Waals surface area (Å²) in [5.41, 5.74) is 6.53. The minimum atomic E-state index is -0.150. The average Bonchev–Trinajstić information content (AvgIpc) is 2.69. The maximum Gasteiger partial charge on any atom is 0.324 e. The zero-order valence-corrected chi connectivity index (χ0v) is 9.72. The van der Waals surface area contributed by atoms with Gasteiger partial charge in [0.1, 0.15) is 0 Å². The standard InChI is InChI=1S/C12H15N3O2/c1-14-6-7-15(12(14)17)10-5-3-2-4-9(10)11(16)8-13/h2-5H,6-8,13H2,1H3. The molecule has 2 rings (SSSR count). The highest BCUT2D eigenvalue weighted by atomic mass is 16.2. The predicted molar refractivity (Wildman–Crippen MR) is 65.2 cm³/mol. The smallest absolute Gasteiger partial charge is 0.324 e. The summed E-state index contributed by atoms with van der Waals surface area (Å²) in [6.45, 7) is 1.23. The molecule has 0 aromatic heterocycles. The molecule has 2 amide bonds. The van der Waals surface area contributed by atoms with Gasteiger partial charge in [0.15, 0.2) is 5.78 Å². The Bertz CT molecular complexity index is 459. The van der Waals surface area contributed by atoms with Crippen LogP contribution in [0.15, 0.2) is 24.3 Å². The number of ketones is 1. The molecule has 5 nitrogen and oxygen atoms in total. The van der Waals surface area contributed by atoms with E-state index in [4.69, 9.17) is 5.73 Å². The van der Waals surface area contributed by atoms with Crippen LogP contribution in [-0.4, -0.2) is 43.4 Å². The first-order valence-electron chi connectivity index (χ1n) is 5.50. The molecule has 17 heavy (non-hydrogen) atoms. The lowest BCUT2D eigenvalue weighted by Crippen LogP contribution is -2.31. The summed E-state index contributed by atoms with van der Waals surface area (Å²) in [4.78, 5) is 26.8. The van der Waals surface area contributed by atoms with Gasteiger partial charge in [-0.05, 0) is 12.1 Å². The highest BCUT2D eigenvalue weighted by Crippen LogP contribution is 2.24. The van der Waals surface area contributed by atoms with Crippen molar-refractivity contribution < 1.29 is 9.59 Å². The molecule has 0 atom stereocenters. The zero-order valence-electron chi connectivity index (χ0n) is 9.72. The van der Waals surface area contributed by atoms with Gasteiger partial charge in [-0.2, -0.15) is 0 Å². The molecule has 0 unspecified atom stereocenters. The number of nitrogens with zero attached hydrogens (tertiary/aromatic N) is 2. The Morgan fingerprint density at radius 1 is 1.35 bits per heavy atom. The molecule has 1 heterocycles. The van der Waals surface area contributed by atoms with Crippen molar-refractivity contribution in [1.29, 1.82) is 0 Å². The van der Waals surface area contributed by atoms with E-state index in [1.807, 2.05) is 6.07 Å². The fourth-order valence-corrected chi connectivity index (χ4v) is 1.93. The van der Waals surface area contributed by atoms with E-state index in [2.05, 4.69) is 0 Å². The number of carbonyl (C=O) groups is 2. The van der Waals surface area contributed by atoms with E-state index >= 15 is 0 Å². The zero-order chi connectivity index (χ0) is 12.4. The van der Waals surface area contributed by atoms with Crippen LogP contribution in [-0.2, 0) is 0 Å². The molecule has 1 saturated heterocycles. The Hall–Kier alpha value is -1.88. The van der Waals surface area contributed by atoms with Gasteiger partial charge in [0, 0.05) is 25.7 Å². The molecule has 1 aliphatic heterocycles. The van der Waals surface area contributed by atoms with Crippen LogP contribution in [0.25, 0.3) is 0 Å². The number of likely N-dealkylation sites (N-methyl/N-ethyl adjacent to an activating group) is 1. The molecule has 1 aliphatic rings. The second-order valence-electron chi connectivity index (χ2n) is 4.00. The number of anilines is 1. The molecule has 0 bridgehead atoms. The van der Waals surface area contributed by atoms with Crippen molar-refractivity contribution >= 4 is 17.5 Å². The number of Topliss-reactive ketones (excluding diaryl/α,β-unsaturated/α-hetero) is 1. The number of nitrogens with two attached hydrogens (primary N) is 1. The van der Waals surface area contributed by atoms with E-state index in [1.165, 1.54) is 0 Å². The summed E-state index contributed by atoms with van der Waals surface area (Å²) >= 11 is 0. The normalized spacial score (nSPS) is 15.5. The first-order valence-corrected chi connectivity index (χ1v) is 5.50. The summed E-state index contributed by atoms with van der Waals surface area (Å²) < 4.78 is 0. The Kier molecular flexibility index (Phi) is 3.10. The summed E-state index contributed by atoms with van der Waals surface area (Å²) in [5.74, 6) is -0.150. The van der Waals surface area contributed by atoms with Gasteiger partial charge in [-0.25, -0.2) is 4.79 Å². The lowest BCUT2D eigenvalue weighted by molar-refractivity contribution is 0.100. The topological polar surface area (TPSA) is 66.6 Å². The van der Waals surface area contributed by atoms with Gasteiger partial charge in [-0.1, -0.05) is 12.1 Å². The molecule has 0 radical (unpaired) electrons. The summed E-state index contributed by atoms with van der Waals surface area (Å²) in [6, 6.07) is 6.99. The molecular weight excluding hydrogens is 218 g/mol. The quantitative estimate of drug-likeness (QED) is 0.781. The van der Waals surface area contributed by atoms with E-state index in [0.717, 1.165) is 0 Å². The molecule has 1 aromatic carbocycles. The van der Waals surface area contributed by atoms with Gasteiger partial charge in [-0.3, -0.25) is 9.69 Å². The number of para-hydroxylation sites is 1. The number of urea groups is 1. The molecule has 90 valence electrons. The van der Waals surface area contributed by atoms with Crippen LogP contribution in [0, 0.1) is 0 Å². The van der Waals surface area contributed by atoms with Crippen LogP contribution in [0.1, 0.15) is 10.4 Å². The SMILES string of the molecule is CN1CCN(c2ccccc2C(=O)CN)C1=O. The average molecular weight is 233 g/mol. The third-order valence-electron chi connectivity index (χ3n) is 2.90. The summed E-state index contributed by atoms with van der Waals surface area (Å²) in [5, 5.41) is 0. The van der Waals surface area contributed by atoms with Crippen molar-refractivity contribution in [3.8, 4) is 0 Å². The van der Waals surface area contributed by atoms with Crippen molar-refractivity contribution in [2.45, 2.75) is 0 Å². The molecule has 1 fully saturated rings.